The summed E-state index contributed by atoms with van der Waals surface area (Å²) in [6.07, 6.45) is 0. The Morgan fingerprint density at radius 3 is 2.54 bits per heavy atom. The van der Waals surface area contributed by atoms with E-state index in [1.165, 1.54) is 12.1 Å². The number of carbonyl (C=O) groups is 1. The van der Waals surface area contributed by atoms with Gasteiger partial charge in [0.2, 0.25) is 0 Å². The highest BCUT2D eigenvalue weighted by molar-refractivity contribution is 9.10. The highest BCUT2D eigenvalue weighted by Gasteiger charge is 2.12. The SMILES string of the molecule is CC(Br)C(=O)c1cc(F)cc(Br)c1. The first kappa shape index (κ1) is 10.9. The number of ketones is 1. The highest BCUT2D eigenvalue weighted by Crippen LogP contribution is 2.17. The molecule has 0 aromatic heterocycles. The van der Waals surface area contributed by atoms with Crippen molar-refractivity contribution in [3.8, 4) is 0 Å². The minimum atomic E-state index is -0.411. The van der Waals surface area contributed by atoms with Gasteiger partial charge in [-0.25, -0.2) is 4.39 Å². The van der Waals surface area contributed by atoms with Gasteiger partial charge < -0.3 is 0 Å². The van der Waals surface area contributed by atoms with Gasteiger partial charge in [-0.05, 0) is 25.1 Å². The third-order valence-electron chi connectivity index (χ3n) is 1.51. The fraction of sp³-hybridized carbons (Fsp3) is 0.222. The van der Waals surface area contributed by atoms with Crippen LogP contribution >= 0.6 is 31.9 Å². The summed E-state index contributed by atoms with van der Waals surface area (Å²) in [4.78, 5) is 11.1. The van der Waals surface area contributed by atoms with E-state index < -0.39 is 5.82 Å². The van der Waals surface area contributed by atoms with Gasteiger partial charge in [0.25, 0.3) is 0 Å². The molecule has 0 bridgehead atoms. The molecule has 70 valence electrons. The molecule has 0 heterocycles. The van der Waals surface area contributed by atoms with E-state index >= 15 is 0 Å². The van der Waals surface area contributed by atoms with E-state index in [2.05, 4.69) is 31.9 Å². The van der Waals surface area contributed by atoms with Crippen LogP contribution in [0.3, 0.4) is 0 Å². The lowest BCUT2D eigenvalue weighted by atomic mass is 10.1. The molecule has 1 rings (SSSR count). The van der Waals surface area contributed by atoms with Gasteiger partial charge in [-0.15, -0.1) is 0 Å². The second kappa shape index (κ2) is 4.33. The molecular formula is C9H7Br2FO. The van der Waals surface area contributed by atoms with E-state index in [4.69, 9.17) is 0 Å². The summed E-state index contributed by atoms with van der Waals surface area (Å²) in [6, 6.07) is 4.14. The van der Waals surface area contributed by atoms with Gasteiger partial charge >= 0.3 is 0 Å². The number of benzene rings is 1. The average Bonchev–Trinajstić information content (AvgIpc) is 2.01. The number of alkyl halides is 1. The molecule has 0 spiro atoms. The van der Waals surface area contributed by atoms with Crippen LogP contribution in [0.25, 0.3) is 0 Å². The lowest BCUT2D eigenvalue weighted by Crippen LogP contribution is -2.10. The third kappa shape index (κ3) is 2.88. The number of Topliss-reactive ketones (excluding diaryl/α,β-unsaturated/α-hetero) is 1. The standard InChI is InChI=1S/C9H7Br2FO/c1-5(10)9(13)6-2-7(11)4-8(12)3-6/h2-5H,1H3. The summed E-state index contributed by atoms with van der Waals surface area (Å²) >= 11 is 6.26. The maximum Gasteiger partial charge on any atom is 0.176 e. The third-order valence-corrected chi connectivity index (χ3v) is 2.38. The number of rotatable bonds is 2. The number of hydrogen-bond acceptors (Lipinski definition) is 1. The second-order valence-electron chi connectivity index (χ2n) is 2.64. The summed E-state index contributed by atoms with van der Waals surface area (Å²) in [5, 5.41) is 0. The van der Waals surface area contributed by atoms with Gasteiger partial charge in [0.1, 0.15) is 5.82 Å². The van der Waals surface area contributed by atoms with Crippen LogP contribution in [0.15, 0.2) is 22.7 Å². The van der Waals surface area contributed by atoms with Crippen LogP contribution in [-0.2, 0) is 0 Å². The van der Waals surface area contributed by atoms with Gasteiger partial charge in [-0.3, -0.25) is 4.79 Å². The van der Waals surface area contributed by atoms with Crippen molar-refractivity contribution >= 4 is 37.6 Å². The van der Waals surface area contributed by atoms with Crippen molar-refractivity contribution in [3.05, 3.63) is 34.1 Å². The molecule has 1 atom stereocenters. The smallest absolute Gasteiger partial charge is 0.176 e. The molecule has 1 unspecified atom stereocenters. The van der Waals surface area contributed by atoms with Gasteiger partial charge in [0.15, 0.2) is 5.78 Å². The molecule has 1 nitrogen and oxygen atoms in total. The van der Waals surface area contributed by atoms with Crippen molar-refractivity contribution in [2.75, 3.05) is 0 Å². The zero-order valence-corrected chi connectivity index (χ0v) is 10.0. The molecule has 0 amide bonds. The predicted octanol–water partition coefficient (Wildman–Crippen LogP) is 3.55. The minimum Gasteiger partial charge on any atom is -0.293 e. The summed E-state index contributed by atoms with van der Waals surface area (Å²) in [5.74, 6) is -0.536. The van der Waals surface area contributed by atoms with E-state index in [1.54, 1.807) is 13.0 Å². The van der Waals surface area contributed by atoms with E-state index in [-0.39, 0.29) is 10.6 Å². The van der Waals surface area contributed by atoms with Crippen LogP contribution < -0.4 is 0 Å². The number of carbonyl (C=O) groups excluding carboxylic acids is 1. The quantitative estimate of drug-likeness (QED) is 0.603. The first-order valence-corrected chi connectivity index (χ1v) is 5.36. The normalized spacial score (nSPS) is 12.6. The Bertz CT molecular complexity index is 316. The van der Waals surface area contributed by atoms with Gasteiger partial charge in [-0.2, -0.15) is 0 Å². The van der Waals surface area contributed by atoms with Crippen molar-refractivity contribution in [2.24, 2.45) is 0 Å². The van der Waals surface area contributed by atoms with Gasteiger partial charge in [0.05, 0.1) is 4.83 Å². The van der Waals surface area contributed by atoms with Crippen molar-refractivity contribution in [3.63, 3.8) is 0 Å². The Hall–Kier alpha value is -0.220. The molecule has 4 heteroatoms. The molecule has 0 aliphatic heterocycles. The van der Waals surface area contributed by atoms with E-state index in [1.807, 2.05) is 0 Å². The van der Waals surface area contributed by atoms with Crippen LogP contribution in [0.4, 0.5) is 4.39 Å². The summed E-state index contributed by atoms with van der Waals surface area (Å²) < 4.78 is 13.4. The zero-order chi connectivity index (χ0) is 10.0. The summed E-state index contributed by atoms with van der Waals surface area (Å²) in [6.45, 7) is 1.71. The highest BCUT2D eigenvalue weighted by atomic mass is 79.9. The Labute approximate surface area is 92.6 Å². The molecule has 0 N–H and O–H groups in total. The summed E-state index contributed by atoms with van der Waals surface area (Å²) in [5.41, 5.74) is 0.372. The molecule has 1 aromatic rings. The maximum atomic E-state index is 12.9. The number of halogens is 3. The molecule has 0 saturated carbocycles. The molecule has 0 fully saturated rings. The zero-order valence-electron chi connectivity index (χ0n) is 6.85. The van der Waals surface area contributed by atoms with Crippen LogP contribution in [0.2, 0.25) is 0 Å². The van der Waals surface area contributed by atoms with Crippen LogP contribution in [0.5, 0.6) is 0 Å². The van der Waals surface area contributed by atoms with Crippen molar-refractivity contribution in [1.82, 2.24) is 0 Å². The van der Waals surface area contributed by atoms with Gasteiger partial charge in [0, 0.05) is 10.0 Å². The average molecular weight is 310 g/mol. The van der Waals surface area contributed by atoms with E-state index in [0.717, 1.165) is 0 Å². The number of hydrogen-bond donors (Lipinski definition) is 0. The lowest BCUT2D eigenvalue weighted by molar-refractivity contribution is 0.0995. The first-order chi connectivity index (χ1) is 6.00. The molecular weight excluding hydrogens is 303 g/mol. The van der Waals surface area contributed by atoms with E-state index in [9.17, 15) is 9.18 Å². The Morgan fingerprint density at radius 1 is 1.46 bits per heavy atom. The minimum absolute atomic E-state index is 0.125. The van der Waals surface area contributed by atoms with Crippen molar-refractivity contribution in [1.29, 1.82) is 0 Å². The van der Waals surface area contributed by atoms with Crippen molar-refractivity contribution in [2.45, 2.75) is 11.8 Å². The van der Waals surface area contributed by atoms with Crippen LogP contribution in [0, 0.1) is 5.82 Å². The van der Waals surface area contributed by atoms with Crippen LogP contribution in [0.1, 0.15) is 17.3 Å². The second-order valence-corrected chi connectivity index (χ2v) is 4.93. The molecule has 0 aliphatic rings. The predicted molar refractivity (Wildman–Crippen MR) is 56.8 cm³/mol. The Balaban J connectivity index is 3.08. The Kier molecular flexibility index (Phi) is 3.62. The molecule has 13 heavy (non-hydrogen) atoms. The lowest BCUT2D eigenvalue weighted by Gasteiger charge is -2.03. The monoisotopic (exact) mass is 308 g/mol. The molecule has 1 aromatic carbocycles. The fourth-order valence-corrected chi connectivity index (χ4v) is 1.66. The largest absolute Gasteiger partial charge is 0.293 e. The Morgan fingerprint density at radius 2 is 2.08 bits per heavy atom. The molecule has 0 radical (unpaired) electrons. The topological polar surface area (TPSA) is 17.1 Å². The van der Waals surface area contributed by atoms with Crippen molar-refractivity contribution < 1.29 is 9.18 Å². The maximum absolute atomic E-state index is 12.9. The summed E-state index contributed by atoms with van der Waals surface area (Å²) in [7, 11) is 0. The van der Waals surface area contributed by atoms with E-state index in [0.29, 0.717) is 10.0 Å². The first-order valence-electron chi connectivity index (χ1n) is 3.65. The molecule has 0 aliphatic carbocycles. The molecule has 0 saturated heterocycles. The van der Waals surface area contributed by atoms with Crippen LogP contribution in [-0.4, -0.2) is 10.6 Å². The van der Waals surface area contributed by atoms with Gasteiger partial charge in [-0.1, -0.05) is 31.9 Å². The fourth-order valence-electron chi connectivity index (χ4n) is 0.926.